The normalized spacial score (nSPS) is 23.9. The summed E-state index contributed by atoms with van der Waals surface area (Å²) in [6.45, 7) is 9.82. The Morgan fingerprint density at radius 1 is 1.13 bits per heavy atom. The van der Waals surface area contributed by atoms with Crippen LogP contribution in [0, 0.1) is 18.2 Å². The molecule has 1 N–H and O–H groups in total. The number of aromatic nitrogens is 1. The average Bonchev–Trinajstić information content (AvgIpc) is 3.71. The van der Waals surface area contributed by atoms with Crippen LogP contribution < -0.4 is 4.90 Å². The molecule has 5 nitrogen and oxygen atoms in total. The Morgan fingerprint density at radius 2 is 1.76 bits per heavy atom. The van der Waals surface area contributed by atoms with E-state index >= 15 is 4.39 Å². The summed E-state index contributed by atoms with van der Waals surface area (Å²) < 4.78 is 22.0. The Labute approximate surface area is 231 Å². The van der Waals surface area contributed by atoms with Crippen molar-refractivity contribution in [3.05, 3.63) is 71.5 Å². The van der Waals surface area contributed by atoms with E-state index in [1.54, 1.807) is 0 Å². The van der Waals surface area contributed by atoms with Crippen molar-refractivity contribution in [1.82, 2.24) is 4.98 Å². The van der Waals surface area contributed by atoms with Crippen LogP contribution in [0.2, 0.25) is 0 Å². The first kappa shape index (κ1) is 29.8. The predicted octanol–water partition coefficient (Wildman–Crippen LogP) is 7.95. The van der Waals surface area contributed by atoms with Crippen molar-refractivity contribution in [3.63, 3.8) is 0 Å². The Morgan fingerprint density at radius 3 is 2.34 bits per heavy atom. The fraction of sp³-hybridized carbons (Fsp3) is 0.531. The fourth-order valence-electron chi connectivity index (χ4n) is 5.55. The molecule has 6 heteroatoms. The molecule has 1 aromatic carbocycles. The molecule has 2 heterocycles. The highest BCUT2D eigenvalue weighted by Gasteiger charge is 2.36. The number of nitrogens with zero attached hydrogens (tertiary/aromatic N) is 2. The van der Waals surface area contributed by atoms with Gasteiger partial charge in [-0.1, -0.05) is 70.5 Å². The molecule has 38 heavy (non-hydrogen) atoms. The maximum absolute atomic E-state index is 15.6. The number of pyridine rings is 1. The summed E-state index contributed by atoms with van der Waals surface area (Å²) in [7, 11) is 0. The number of anilines is 1. The number of ether oxygens (including phenoxy) is 1. The van der Waals surface area contributed by atoms with E-state index in [0.29, 0.717) is 30.4 Å². The number of benzene rings is 1. The standard InChI is InChI=1S/C28H34FN2O.C3H8.CH2O2.2H2/c1-3-20-17-30-28(27(29)26(20)23-9-10-23)31-16-15-19(2)25(31)18-32-24-13-11-22(12-14-24)21-7-5-4-6-8-21;1-3-2;2-1-3;;/h4-10,17,19,22,24-25H,3,11-16,18H2,1-2H3;3H2,1-2H3;1H,(H,2,3);2*1H/t19-,22?,24?,25-;;;;/m0..../s1. The molecule has 0 amide bonds. The molecule has 5 rings (SSSR count). The van der Waals surface area contributed by atoms with Gasteiger partial charge in [0.1, 0.15) is 0 Å². The Hall–Kier alpha value is -2.73. The lowest BCUT2D eigenvalue weighted by molar-refractivity contribution is -0.122. The third-order valence-corrected chi connectivity index (χ3v) is 7.68. The summed E-state index contributed by atoms with van der Waals surface area (Å²) in [6.07, 6.45) is 13.8. The van der Waals surface area contributed by atoms with Crippen LogP contribution in [-0.4, -0.2) is 41.9 Å². The van der Waals surface area contributed by atoms with Crippen LogP contribution in [0.25, 0.3) is 5.57 Å². The number of carboxylic acid groups (broad SMARTS) is 1. The number of hydrogen-bond donors (Lipinski definition) is 1. The average molecular weight is 528 g/mol. The summed E-state index contributed by atoms with van der Waals surface area (Å²) in [6, 6.07) is 11.0. The van der Waals surface area contributed by atoms with E-state index in [4.69, 9.17) is 14.6 Å². The van der Waals surface area contributed by atoms with Crippen molar-refractivity contribution in [1.29, 1.82) is 0 Å². The highest BCUT2D eigenvalue weighted by molar-refractivity contribution is 5.89. The van der Waals surface area contributed by atoms with Crippen LogP contribution >= 0.6 is 0 Å². The van der Waals surface area contributed by atoms with Gasteiger partial charge in [0.05, 0.1) is 18.8 Å². The van der Waals surface area contributed by atoms with Gasteiger partial charge in [-0.25, -0.2) is 9.37 Å². The fourth-order valence-corrected chi connectivity index (χ4v) is 5.55. The Kier molecular flexibility index (Phi) is 11.8. The molecule has 1 aromatic heterocycles. The van der Waals surface area contributed by atoms with Crippen LogP contribution in [0.3, 0.4) is 0 Å². The van der Waals surface area contributed by atoms with E-state index in [-0.39, 0.29) is 21.2 Å². The van der Waals surface area contributed by atoms with E-state index in [1.165, 1.54) is 24.8 Å². The second kappa shape index (κ2) is 15.0. The summed E-state index contributed by atoms with van der Waals surface area (Å²) in [5.41, 5.74) is 4.20. The molecular weight excluding hydrogens is 479 g/mol. The molecule has 1 saturated carbocycles. The van der Waals surface area contributed by atoms with Crippen LogP contribution in [0.5, 0.6) is 0 Å². The zero-order valence-corrected chi connectivity index (χ0v) is 23.4. The second-order valence-corrected chi connectivity index (χ2v) is 10.5. The lowest BCUT2D eigenvalue weighted by Gasteiger charge is -2.33. The molecular formula is C32H48FN2O3. The summed E-state index contributed by atoms with van der Waals surface area (Å²) in [4.78, 5) is 15.1. The highest BCUT2D eigenvalue weighted by atomic mass is 19.1. The second-order valence-electron chi connectivity index (χ2n) is 10.5. The smallest absolute Gasteiger partial charge is 0.290 e. The van der Waals surface area contributed by atoms with Crippen molar-refractivity contribution in [3.8, 4) is 0 Å². The summed E-state index contributed by atoms with van der Waals surface area (Å²) >= 11 is 0. The molecule has 3 aliphatic rings. The van der Waals surface area contributed by atoms with Crippen molar-refractivity contribution < 1.29 is 21.9 Å². The third kappa shape index (κ3) is 7.66. The van der Waals surface area contributed by atoms with Crippen molar-refractivity contribution in [2.24, 2.45) is 5.92 Å². The molecule has 2 aliphatic carbocycles. The maximum atomic E-state index is 15.6. The molecule has 1 saturated heterocycles. The molecule has 2 fully saturated rings. The van der Waals surface area contributed by atoms with E-state index < -0.39 is 0 Å². The third-order valence-electron chi connectivity index (χ3n) is 7.68. The Balaban J connectivity index is 0.000000922. The number of halogens is 1. The zero-order chi connectivity index (χ0) is 27.5. The number of allylic oxidation sites excluding steroid dienone is 2. The van der Waals surface area contributed by atoms with Gasteiger partial charge in [0.25, 0.3) is 6.47 Å². The minimum atomic E-state index is -0.250. The van der Waals surface area contributed by atoms with Gasteiger partial charge in [-0.3, -0.25) is 4.79 Å². The minimum Gasteiger partial charge on any atom is -0.483 e. The molecule has 0 unspecified atom stereocenters. The highest BCUT2D eigenvalue weighted by Crippen LogP contribution is 2.39. The molecule has 0 bridgehead atoms. The zero-order valence-electron chi connectivity index (χ0n) is 23.4. The van der Waals surface area contributed by atoms with E-state index in [2.05, 4.69) is 67.9 Å². The van der Waals surface area contributed by atoms with Crippen molar-refractivity contribution in [2.45, 2.75) is 90.7 Å². The van der Waals surface area contributed by atoms with Gasteiger partial charge in [-0.05, 0) is 67.1 Å². The topological polar surface area (TPSA) is 62.7 Å². The summed E-state index contributed by atoms with van der Waals surface area (Å²) in [5, 5.41) is 6.89. The Bertz CT molecular complexity index is 1050. The minimum absolute atomic E-state index is 0. The lowest BCUT2D eigenvalue weighted by Crippen LogP contribution is -2.39. The van der Waals surface area contributed by atoms with Gasteiger partial charge < -0.3 is 14.7 Å². The first-order chi connectivity index (χ1) is 18.5. The van der Waals surface area contributed by atoms with Gasteiger partial charge in [-0.15, -0.1) is 0 Å². The molecule has 0 spiro atoms. The van der Waals surface area contributed by atoms with E-state index in [0.717, 1.165) is 48.9 Å². The van der Waals surface area contributed by atoms with Crippen LogP contribution in [-0.2, 0) is 16.0 Å². The molecule has 211 valence electrons. The molecule has 1 aliphatic heterocycles. The monoisotopic (exact) mass is 527 g/mol. The van der Waals surface area contributed by atoms with Gasteiger partial charge in [0.15, 0.2) is 11.6 Å². The maximum Gasteiger partial charge on any atom is 0.290 e. The number of aryl methyl sites for hydroxylation is 1. The van der Waals surface area contributed by atoms with Gasteiger partial charge >= 0.3 is 0 Å². The largest absolute Gasteiger partial charge is 0.483 e. The van der Waals surface area contributed by atoms with E-state index in [1.807, 2.05) is 18.7 Å². The quantitative estimate of drug-likeness (QED) is 0.370. The first-order valence-corrected chi connectivity index (χ1v) is 14.2. The van der Waals surface area contributed by atoms with Gasteiger partial charge in [0.2, 0.25) is 0 Å². The lowest BCUT2D eigenvalue weighted by atomic mass is 9.83. The van der Waals surface area contributed by atoms with Crippen molar-refractivity contribution >= 4 is 17.9 Å². The molecule has 2 aromatic rings. The molecule has 1 radical (unpaired) electrons. The number of hydrogen-bond acceptors (Lipinski definition) is 4. The first-order valence-electron chi connectivity index (χ1n) is 14.2. The van der Waals surface area contributed by atoms with Crippen LogP contribution in [0.1, 0.15) is 91.7 Å². The predicted molar refractivity (Wildman–Crippen MR) is 157 cm³/mol. The van der Waals surface area contributed by atoms with Crippen molar-refractivity contribution in [2.75, 3.05) is 18.1 Å². The number of carbonyl (C=O) groups is 1. The van der Waals surface area contributed by atoms with Crippen LogP contribution in [0.15, 0.2) is 42.6 Å². The summed E-state index contributed by atoms with van der Waals surface area (Å²) in [5.74, 6) is 1.47. The van der Waals surface area contributed by atoms with Gasteiger partial charge in [-0.2, -0.15) is 0 Å². The van der Waals surface area contributed by atoms with Gasteiger partial charge in [0, 0.05) is 27.6 Å². The molecule has 2 atom stereocenters. The van der Waals surface area contributed by atoms with Crippen LogP contribution in [0.4, 0.5) is 10.2 Å². The SMILES string of the molecule is CCC.CCc1cnc(N2CC[C@H](C)[C@@H]2COC2CCC(c3ccccc3)CC2)c(F)c1C1=C[CH]1.O=CO.[HH].[HH]. The van der Waals surface area contributed by atoms with E-state index in [9.17, 15) is 0 Å². The number of rotatable bonds is 7.